The molecule has 1 aromatic rings. The van der Waals surface area contributed by atoms with E-state index in [9.17, 15) is 4.79 Å². The van der Waals surface area contributed by atoms with Crippen molar-refractivity contribution in [3.8, 4) is 0 Å². The van der Waals surface area contributed by atoms with Crippen LogP contribution in [0.3, 0.4) is 0 Å². The molecule has 0 bridgehead atoms. The molecule has 0 aromatic carbocycles. The van der Waals surface area contributed by atoms with Gasteiger partial charge < -0.3 is 9.64 Å². The maximum atomic E-state index is 12.4. The summed E-state index contributed by atoms with van der Waals surface area (Å²) in [4.78, 5) is 21.0. The SMILES string of the molecule is CN(Cc1cccnc1)C[C@H]1OC[C@@H]2CCN(C(=O)C3CC3)C[C@@H]21. The summed E-state index contributed by atoms with van der Waals surface area (Å²) in [5.41, 5.74) is 1.23. The van der Waals surface area contributed by atoms with Crippen LogP contribution >= 0.6 is 0 Å². The minimum absolute atomic E-state index is 0.242. The minimum Gasteiger partial charge on any atom is -0.376 e. The van der Waals surface area contributed by atoms with Crippen molar-refractivity contribution < 1.29 is 9.53 Å². The third-order valence-corrected chi connectivity index (χ3v) is 5.71. The Kier molecular flexibility index (Phi) is 4.55. The van der Waals surface area contributed by atoms with Gasteiger partial charge in [-0.3, -0.25) is 14.7 Å². The molecule has 2 saturated heterocycles. The Hall–Kier alpha value is -1.46. The van der Waals surface area contributed by atoms with Gasteiger partial charge in [-0.15, -0.1) is 0 Å². The standard InChI is InChI=1S/C19H27N3O2/c1-21(10-14-3-2-7-20-9-14)12-18-17-11-22(19(23)15-4-5-15)8-6-16(17)13-24-18/h2-3,7,9,15-18H,4-6,8,10-13H2,1H3/t16-,17-,18+/m0/s1. The first-order chi connectivity index (χ1) is 11.7. The van der Waals surface area contributed by atoms with Gasteiger partial charge in [0.25, 0.3) is 0 Å². The highest BCUT2D eigenvalue weighted by atomic mass is 16.5. The monoisotopic (exact) mass is 329 g/mol. The summed E-state index contributed by atoms with van der Waals surface area (Å²) in [7, 11) is 2.14. The highest BCUT2D eigenvalue weighted by molar-refractivity contribution is 5.81. The summed E-state index contributed by atoms with van der Waals surface area (Å²) in [5, 5.41) is 0. The summed E-state index contributed by atoms with van der Waals surface area (Å²) in [6, 6.07) is 4.09. The lowest BCUT2D eigenvalue weighted by Gasteiger charge is -2.37. The maximum absolute atomic E-state index is 12.4. The minimum atomic E-state index is 0.242. The molecular weight excluding hydrogens is 302 g/mol. The summed E-state index contributed by atoms with van der Waals surface area (Å²) in [5.74, 6) is 1.85. The number of amides is 1. The number of pyridine rings is 1. The Labute approximate surface area is 144 Å². The maximum Gasteiger partial charge on any atom is 0.225 e. The van der Waals surface area contributed by atoms with Gasteiger partial charge in [0.2, 0.25) is 5.91 Å². The van der Waals surface area contributed by atoms with Gasteiger partial charge in [0.1, 0.15) is 0 Å². The molecule has 0 radical (unpaired) electrons. The fourth-order valence-electron chi connectivity index (χ4n) is 4.18. The highest BCUT2D eigenvalue weighted by Crippen LogP contribution is 2.37. The summed E-state index contributed by atoms with van der Waals surface area (Å²) < 4.78 is 6.12. The van der Waals surface area contributed by atoms with Crippen molar-refractivity contribution in [1.29, 1.82) is 0 Å². The van der Waals surface area contributed by atoms with Crippen molar-refractivity contribution in [3.05, 3.63) is 30.1 Å². The van der Waals surface area contributed by atoms with Gasteiger partial charge in [-0.25, -0.2) is 0 Å². The Bertz CT molecular complexity index is 575. The lowest BCUT2D eigenvalue weighted by Crippen LogP contribution is -2.47. The number of nitrogens with zero attached hydrogens (tertiary/aromatic N) is 3. The molecule has 1 aromatic heterocycles. The predicted molar refractivity (Wildman–Crippen MR) is 91.2 cm³/mol. The van der Waals surface area contributed by atoms with E-state index in [-0.39, 0.29) is 6.10 Å². The van der Waals surface area contributed by atoms with Gasteiger partial charge in [-0.2, -0.15) is 0 Å². The van der Waals surface area contributed by atoms with Crippen LogP contribution in [-0.4, -0.2) is 60.1 Å². The molecule has 2 aliphatic heterocycles. The molecule has 1 saturated carbocycles. The molecule has 5 nitrogen and oxygen atoms in total. The van der Waals surface area contributed by atoms with E-state index in [1.54, 1.807) is 0 Å². The van der Waals surface area contributed by atoms with E-state index in [0.29, 0.717) is 23.7 Å². The van der Waals surface area contributed by atoms with E-state index in [1.807, 2.05) is 18.5 Å². The van der Waals surface area contributed by atoms with Crippen molar-refractivity contribution in [2.45, 2.75) is 31.9 Å². The van der Waals surface area contributed by atoms with Gasteiger partial charge in [0, 0.05) is 50.4 Å². The number of fused-ring (bicyclic) bond motifs is 1. The Morgan fingerprint density at radius 1 is 1.42 bits per heavy atom. The van der Waals surface area contributed by atoms with Gasteiger partial charge in [-0.1, -0.05) is 6.07 Å². The Morgan fingerprint density at radius 2 is 2.29 bits per heavy atom. The molecule has 0 spiro atoms. The van der Waals surface area contributed by atoms with Gasteiger partial charge in [-0.05, 0) is 43.9 Å². The van der Waals surface area contributed by atoms with Gasteiger partial charge in [0.15, 0.2) is 0 Å². The third kappa shape index (κ3) is 3.47. The number of hydrogen-bond acceptors (Lipinski definition) is 4. The summed E-state index contributed by atoms with van der Waals surface area (Å²) in [6.45, 7) is 4.49. The first-order valence-electron chi connectivity index (χ1n) is 9.18. The van der Waals surface area contributed by atoms with E-state index in [1.165, 1.54) is 5.56 Å². The van der Waals surface area contributed by atoms with Crippen molar-refractivity contribution in [1.82, 2.24) is 14.8 Å². The number of ether oxygens (including phenoxy) is 1. The molecule has 24 heavy (non-hydrogen) atoms. The molecule has 4 rings (SSSR count). The summed E-state index contributed by atoms with van der Waals surface area (Å²) >= 11 is 0. The van der Waals surface area contributed by atoms with E-state index >= 15 is 0 Å². The zero-order valence-electron chi connectivity index (χ0n) is 14.4. The smallest absolute Gasteiger partial charge is 0.225 e. The van der Waals surface area contributed by atoms with Crippen molar-refractivity contribution in [2.24, 2.45) is 17.8 Å². The zero-order valence-corrected chi connectivity index (χ0v) is 14.4. The van der Waals surface area contributed by atoms with E-state index < -0.39 is 0 Å². The number of piperidine rings is 1. The number of rotatable bonds is 5. The second kappa shape index (κ2) is 6.81. The fourth-order valence-corrected chi connectivity index (χ4v) is 4.18. The van der Waals surface area contributed by atoms with Crippen LogP contribution in [0.25, 0.3) is 0 Å². The molecule has 1 aliphatic carbocycles. The molecule has 0 N–H and O–H groups in total. The molecule has 3 atom stereocenters. The van der Waals surface area contributed by atoms with Crippen LogP contribution in [0.4, 0.5) is 0 Å². The lowest BCUT2D eigenvalue weighted by atomic mass is 9.84. The van der Waals surface area contributed by atoms with Crippen LogP contribution in [0.2, 0.25) is 0 Å². The van der Waals surface area contributed by atoms with Gasteiger partial charge in [0.05, 0.1) is 12.7 Å². The summed E-state index contributed by atoms with van der Waals surface area (Å²) in [6.07, 6.45) is 7.26. The molecule has 3 aliphatic rings. The largest absolute Gasteiger partial charge is 0.376 e. The zero-order chi connectivity index (χ0) is 16.5. The molecule has 3 heterocycles. The Morgan fingerprint density at radius 3 is 3.04 bits per heavy atom. The van der Waals surface area contributed by atoms with Crippen LogP contribution in [-0.2, 0) is 16.1 Å². The highest BCUT2D eigenvalue weighted by Gasteiger charge is 2.44. The van der Waals surface area contributed by atoms with Gasteiger partial charge >= 0.3 is 0 Å². The first kappa shape index (κ1) is 16.0. The van der Waals surface area contributed by atoms with Crippen molar-refractivity contribution in [3.63, 3.8) is 0 Å². The van der Waals surface area contributed by atoms with Crippen molar-refractivity contribution >= 4 is 5.91 Å². The molecule has 0 unspecified atom stereocenters. The lowest BCUT2D eigenvalue weighted by molar-refractivity contribution is -0.135. The number of carbonyl (C=O) groups is 1. The average Bonchev–Trinajstić information content (AvgIpc) is 3.38. The van der Waals surface area contributed by atoms with E-state index in [2.05, 4.69) is 27.9 Å². The van der Waals surface area contributed by atoms with Crippen LogP contribution in [0, 0.1) is 17.8 Å². The van der Waals surface area contributed by atoms with E-state index in [4.69, 9.17) is 4.74 Å². The van der Waals surface area contributed by atoms with E-state index in [0.717, 1.165) is 52.0 Å². The van der Waals surface area contributed by atoms with Crippen LogP contribution in [0.5, 0.6) is 0 Å². The first-order valence-corrected chi connectivity index (χ1v) is 9.18. The normalized spacial score (nSPS) is 29.8. The number of likely N-dealkylation sites (tertiary alicyclic amines) is 1. The topological polar surface area (TPSA) is 45.7 Å². The number of aromatic nitrogens is 1. The molecular formula is C19H27N3O2. The third-order valence-electron chi connectivity index (χ3n) is 5.71. The average molecular weight is 329 g/mol. The Balaban J connectivity index is 1.34. The molecule has 5 heteroatoms. The molecule has 1 amide bonds. The van der Waals surface area contributed by atoms with Crippen molar-refractivity contribution in [2.75, 3.05) is 33.3 Å². The van der Waals surface area contributed by atoms with Crippen LogP contribution in [0.1, 0.15) is 24.8 Å². The molecule has 3 fully saturated rings. The number of carbonyl (C=O) groups excluding carboxylic acids is 1. The molecule has 130 valence electrons. The quantitative estimate of drug-likeness (QED) is 0.826. The second-order valence-electron chi connectivity index (χ2n) is 7.70. The second-order valence-corrected chi connectivity index (χ2v) is 7.70. The fraction of sp³-hybridized carbons (Fsp3) is 0.684. The number of likely N-dealkylation sites (N-methyl/N-ethyl adjacent to an activating group) is 1. The van der Waals surface area contributed by atoms with Crippen LogP contribution in [0.15, 0.2) is 24.5 Å². The predicted octanol–water partition coefficient (Wildman–Crippen LogP) is 1.79. The van der Waals surface area contributed by atoms with Crippen LogP contribution < -0.4 is 0 Å². The number of hydrogen-bond donors (Lipinski definition) is 0.